The van der Waals surface area contributed by atoms with Crippen molar-refractivity contribution < 1.29 is 23.4 Å². The van der Waals surface area contributed by atoms with Crippen LogP contribution in [0.1, 0.15) is 63.3 Å². The molecule has 1 aromatic heterocycles. The third kappa shape index (κ3) is 8.42. The van der Waals surface area contributed by atoms with Crippen molar-refractivity contribution in [1.82, 2.24) is 9.47 Å². The fourth-order valence-electron chi connectivity index (χ4n) is 5.62. The summed E-state index contributed by atoms with van der Waals surface area (Å²) >= 11 is 6.58. The number of likely N-dealkylation sites (tertiary alicyclic amines) is 1. The van der Waals surface area contributed by atoms with E-state index in [0.717, 1.165) is 28.1 Å². The second kappa shape index (κ2) is 13.6. The predicted molar refractivity (Wildman–Crippen MR) is 175 cm³/mol. The normalized spacial score (nSPS) is 16.1. The lowest BCUT2D eigenvalue weighted by molar-refractivity contribution is -0.00944. The maximum atomic E-state index is 13.9. The molecule has 0 saturated carbocycles. The molecule has 2 heterocycles. The molecule has 1 aliphatic heterocycles. The van der Waals surface area contributed by atoms with Crippen LogP contribution in [-0.4, -0.2) is 55.5 Å². The Morgan fingerprint density at radius 1 is 1.16 bits per heavy atom. The third-order valence-corrected chi connectivity index (χ3v) is 10.1. The Morgan fingerprint density at radius 3 is 2.41 bits per heavy atom. The summed E-state index contributed by atoms with van der Waals surface area (Å²) in [5.74, 6) is -0.299. The number of carbonyl (C=O) groups is 1. The monoisotopic (exact) mass is 641 g/mol. The van der Waals surface area contributed by atoms with Crippen LogP contribution >= 0.6 is 11.6 Å². The molecule has 4 rings (SSSR count). The fourth-order valence-corrected chi connectivity index (χ4v) is 6.60. The number of ether oxygens (including phenoxy) is 3. The summed E-state index contributed by atoms with van der Waals surface area (Å²) in [6.45, 7) is 16.8. The fraction of sp³-hybridized carbons (Fsp3) is 0.529. The molecule has 0 bridgehead atoms. The van der Waals surface area contributed by atoms with Gasteiger partial charge in [-0.15, -0.1) is 0 Å². The molecule has 2 aromatic carbocycles. The number of rotatable bonds is 10. The maximum Gasteiger partial charge on any atom is 0.410 e. The van der Waals surface area contributed by atoms with Crippen LogP contribution in [0.4, 0.5) is 9.18 Å². The van der Waals surface area contributed by atoms with Crippen LogP contribution in [0.3, 0.4) is 0 Å². The Balaban J connectivity index is 1.59. The first-order valence-corrected chi connectivity index (χ1v) is 19.3. The summed E-state index contributed by atoms with van der Waals surface area (Å²) in [4.78, 5) is 14.5. The Hall–Kier alpha value is -2.90. The molecule has 3 aromatic rings. The van der Waals surface area contributed by atoms with Crippen molar-refractivity contribution in [2.24, 2.45) is 0 Å². The quantitative estimate of drug-likeness (QED) is 0.164. The summed E-state index contributed by atoms with van der Waals surface area (Å²) < 4.78 is 34.2. The Labute approximate surface area is 266 Å². The molecule has 1 atom stereocenters. The van der Waals surface area contributed by atoms with Crippen molar-refractivity contribution in [3.05, 3.63) is 70.1 Å². The van der Waals surface area contributed by atoms with Gasteiger partial charge in [-0.05, 0) is 76.4 Å². The highest BCUT2D eigenvalue weighted by Crippen LogP contribution is 2.39. The summed E-state index contributed by atoms with van der Waals surface area (Å²) in [5, 5.41) is 11.2. The first-order chi connectivity index (χ1) is 20.6. The zero-order valence-electron chi connectivity index (χ0n) is 27.0. The number of halogens is 2. The number of carbonyl (C=O) groups excluding carboxylic acids is 1. The van der Waals surface area contributed by atoms with E-state index in [-0.39, 0.29) is 18.0 Å². The van der Waals surface area contributed by atoms with Crippen molar-refractivity contribution in [3.8, 4) is 6.07 Å². The van der Waals surface area contributed by atoms with E-state index in [2.05, 4.69) is 25.7 Å². The zero-order valence-corrected chi connectivity index (χ0v) is 28.8. The van der Waals surface area contributed by atoms with Crippen LogP contribution in [0.2, 0.25) is 30.7 Å². The van der Waals surface area contributed by atoms with Gasteiger partial charge in [0, 0.05) is 55.4 Å². The first-order valence-electron chi connectivity index (χ1n) is 15.3. The second-order valence-corrected chi connectivity index (χ2v) is 20.1. The highest BCUT2D eigenvalue weighted by Gasteiger charge is 2.39. The number of hydrogen-bond acceptors (Lipinski definition) is 5. The molecular formula is C34H45ClFN3O4Si. The average Bonchev–Trinajstić information content (AvgIpc) is 3.30. The Morgan fingerprint density at radius 2 is 1.82 bits per heavy atom. The van der Waals surface area contributed by atoms with Crippen molar-refractivity contribution in [1.29, 1.82) is 5.26 Å². The van der Waals surface area contributed by atoms with Gasteiger partial charge in [0.2, 0.25) is 0 Å². The molecule has 1 unspecified atom stereocenters. The summed E-state index contributed by atoms with van der Waals surface area (Å²) in [7, 11) is -1.25. The Kier molecular flexibility index (Phi) is 10.5. The topological polar surface area (TPSA) is 76.7 Å². The van der Waals surface area contributed by atoms with Gasteiger partial charge in [-0.3, -0.25) is 0 Å². The number of fused-ring (bicyclic) bond motifs is 1. The molecule has 7 nitrogen and oxygen atoms in total. The number of piperidine rings is 1. The molecule has 1 fully saturated rings. The van der Waals surface area contributed by atoms with E-state index in [1.807, 2.05) is 62.7 Å². The van der Waals surface area contributed by atoms with Crippen molar-refractivity contribution in [2.45, 2.75) is 90.1 Å². The summed E-state index contributed by atoms with van der Waals surface area (Å²) in [6.07, 6.45) is 2.38. The number of benzene rings is 2. The van der Waals surface area contributed by atoms with Gasteiger partial charge in [0.25, 0.3) is 0 Å². The minimum atomic E-state index is -1.25. The molecule has 1 saturated heterocycles. The molecule has 0 N–H and O–H groups in total. The van der Waals surface area contributed by atoms with E-state index in [9.17, 15) is 14.4 Å². The third-order valence-electron chi connectivity index (χ3n) is 8.19. The van der Waals surface area contributed by atoms with Crippen LogP contribution in [0.15, 0.2) is 42.6 Å². The van der Waals surface area contributed by atoms with E-state index >= 15 is 0 Å². The zero-order chi connectivity index (χ0) is 32.3. The average molecular weight is 642 g/mol. The number of aromatic nitrogens is 1. The Bertz CT molecular complexity index is 1500. The molecule has 44 heavy (non-hydrogen) atoms. The van der Waals surface area contributed by atoms with Gasteiger partial charge in [0.1, 0.15) is 24.2 Å². The van der Waals surface area contributed by atoms with Gasteiger partial charge in [0.15, 0.2) is 0 Å². The van der Waals surface area contributed by atoms with Crippen LogP contribution in [0.25, 0.3) is 10.9 Å². The van der Waals surface area contributed by atoms with Crippen LogP contribution < -0.4 is 0 Å². The minimum Gasteiger partial charge on any atom is -0.444 e. The van der Waals surface area contributed by atoms with Gasteiger partial charge in [-0.1, -0.05) is 43.4 Å². The molecule has 238 valence electrons. The maximum absolute atomic E-state index is 13.9. The van der Waals surface area contributed by atoms with E-state index in [4.69, 9.17) is 25.8 Å². The lowest BCUT2D eigenvalue weighted by atomic mass is 9.73. The van der Waals surface area contributed by atoms with Crippen LogP contribution in [0.5, 0.6) is 0 Å². The molecule has 10 heteroatoms. The number of amides is 1. The number of nitriles is 1. The van der Waals surface area contributed by atoms with Crippen LogP contribution in [-0.2, 0) is 26.4 Å². The van der Waals surface area contributed by atoms with Crippen molar-refractivity contribution in [3.63, 3.8) is 0 Å². The molecule has 1 amide bonds. The summed E-state index contributed by atoms with van der Waals surface area (Å²) in [6, 6.07) is 13.6. The highest BCUT2D eigenvalue weighted by molar-refractivity contribution is 6.76. The predicted octanol–water partition coefficient (Wildman–Crippen LogP) is 8.66. The molecule has 0 radical (unpaired) electrons. The van der Waals surface area contributed by atoms with Crippen LogP contribution in [0, 0.1) is 17.1 Å². The SMILES string of the molecule is CC(OCC1(c2ccc(F)cc2)CCN(C(=O)OC(C)(C)C)CC1)c1cc(Cl)cc2c(C#N)cn(COCC[Si](C)(C)C)c12. The first kappa shape index (κ1) is 34.0. The highest BCUT2D eigenvalue weighted by atomic mass is 35.5. The molecule has 0 aliphatic carbocycles. The van der Waals surface area contributed by atoms with Crippen molar-refractivity contribution >= 4 is 36.7 Å². The van der Waals surface area contributed by atoms with Gasteiger partial charge < -0.3 is 23.7 Å². The molecule has 1 aliphatic rings. The van der Waals surface area contributed by atoms with E-state index in [0.29, 0.717) is 56.5 Å². The van der Waals surface area contributed by atoms with Gasteiger partial charge in [0.05, 0.1) is 23.8 Å². The lowest BCUT2D eigenvalue weighted by Crippen LogP contribution is -2.48. The lowest BCUT2D eigenvalue weighted by Gasteiger charge is -2.42. The van der Waals surface area contributed by atoms with Gasteiger partial charge in [-0.2, -0.15) is 5.26 Å². The number of nitrogens with zero attached hydrogens (tertiary/aromatic N) is 3. The van der Waals surface area contributed by atoms with E-state index < -0.39 is 19.1 Å². The van der Waals surface area contributed by atoms with Gasteiger partial charge in [-0.25, -0.2) is 9.18 Å². The van der Waals surface area contributed by atoms with E-state index in [1.54, 1.807) is 4.90 Å². The van der Waals surface area contributed by atoms with E-state index in [1.165, 1.54) is 12.1 Å². The number of hydrogen-bond donors (Lipinski definition) is 0. The largest absolute Gasteiger partial charge is 0.444 e. The standard InChI is InChI=1S/C34H45ClFN3O4Si/c1-24(29-18-27(35)19-30-25(20-37)21-39(31(29)30)23-41-16-17-44(5,6)7)42-22-34(26-8-10-28(36)11-9-26)12-14-38(15-13-34)32(40)43-33(2,3)4/h8-11,18-19,21,24H,12-17,22-23H2,1-7H3. The summed E-state index contributed by atoms with van der Waals surface area (Å²) in [5.41, 5.74) is 2.22. The second-order valence-electron chi connectivity index (χ2n) is 14.1. The smallest absolute Gasteiger partial charge is 0.410 e. The molecule has 0 spiro atoms. The minimum absolute atomic E-state index is 0.299. The molecular weight excluding hydrogens is 597 g/mol. The van der Waals surface area contributed by atoms with Crippen molar-refractivity contribution in [2.75, 3.05) is 26.3 Å². The van der Waals surface area contributed by atoms with Gasteiger partial charge >= 0.3 is 6.09 Å².